The summed E-state index contributed by atoms with van der Waals surface area (Å²) in [6, 6.07) is 9.71. The molecule has 3 aromatic rings. The van der Waals surface area contributed by atoms with E-state index in [1.165, 1.54) is 10.5 Å². The highest BCUT2D eigenvalue weighted by atomic mass is 16.6. The maximum absolute atomic E-state index is 12.9. The molecule has 0 radical (unpaired) electrons. The topological polar surface area (TPSA) is 174 Å². The Morgan fingerprint density at radius 1 is 0.821 bits per heavy atom. The Bertz CT molecular complexity index is 1480. The molecule has 206 valence electrons. The van der Waals surface area contributed by atoms with Crippen LogP contribution in [-0.2, 0) is 38.1 Å². The summed E-state index contributed by atoms with van der Waals surface area (Å²) in [4.78, 5) is 73.1. The number of hydrogen-bond donors (Lipinski definition) is 0. The minimum absolute atomic E-state index is 0.180. The van der Waals surface area contributed by atoms with Gasteiger partial charge >= 0.3 is 23.9 Å². The van der Waals surface area contributed by atoms with Crippen molar-refractivity contribution in [1.29, 1.82) is 0 Å². The Balaban J connectivity index is 2.36. The van der Waals surface area contributed by atoms with E-state index in [0.29, 0.717) is 5.56 Å². The molecule has 0 aliphatic carbocycles. The fourth-order valence-corrected chi connectivity index (χ4v) is 3.89. The van der Waals surface area contributed by atoms with Crippen LogP contribution in [0.2, 0.25) is 0 Å². The van der Waals surface area contributed by atoms with Crippen molar-refractivity contribution in [3.05, 3.63) is 52.6 Å². The van der Waals surface area contributed by atoms with Crippen molar-refractivity contribution in [2.75, 3.05) is 6.61 Å². The quantitative estimate of drug-likeness (QED) is 0.280. The lowest BCUT2D eigenvalue weighted by molar-refractivity contribution is -0.190. The second-order valence-corrected chi connectivity index (χ2v) is 8.34. The van der Waals surface area contributed by atoms with E-state index in [1.807, 2.05) is 0 Å². The van der Waals surface area contributed by atoms with Crippen LogP contribution >= 0.6 is 0 Å². The third-order valence-corrected chi connectivity index (χ3v) is 5.26. The van der Waals surface area contributed by atoms with E-state index in [-0.39, 0.29) is 17.3 Å². The molecular formula is C25H26N4O10. The third-order valence-electron chi connectivity index (χ3n) is 5.26. The molecule has 0 N–H and O–H groups in total. The van der Waals surface area contributed by atoms with Gasteiger partial charge in [-0.05, 0) is 5.56 Å². The maximum atomic E-state index is 12.9. The van der Waals surface area contributed by atoms with E-state index in [1.54, 1.807) is 30.3 Å². The van der Waals surface area contributed by atoms with Crippen LogP contribution in [0, 0.1) is 0 Å². The molecular weight excluding hydrogens is 516 g/mol. The van der Waals surface area contributed by atoms with Crippen LogP contribution < -0.4 is 5.56 Å². The lowest BCUT2D eigenvalue weighted by Crippen LogP contribution is -2.44. The van der Waals surface area contributed by atoms with Crippen LogP contribution in [0.1, 0.15) is 51.3 Å². The molecule has 0 aliphatic rings. The predicted molar refractivity (Wildman–Crippen MR) is 131 cm³/mol. The summed E-state index contributed by atoms with van der Waals surface area (Å²) in [5, 5.41) is 8.09. The second-order valence-electron chi connectivity index (χ2n) is 8.34. The number of carbonyl (C=O) groups is 5. The molecule has 2 heterocycles. The summed E-state index contributed by atoms with van der Waals surface area (Å²) >= 11 is 0. The molecule has 0 saturated carbocycles. The van der Waals surface area contributed by atoms with Gasteiger partial charge in [-0.25, -0.2) is 4.57 Å². The van der Waals surface area contributed by atoms with Crippen molar-refractivity contribution in [3.8, 4) is 11.3 Å². The number of carbonyl (C=O) groups excluding carboxylic acids is 5. The molecule has 0 amide bonds. The molecule has 1 aromatic carbocycles. The zero-order valence-electron chi connectivity index (χ0n) is 21.8. The Kier molecular flexibility index (Phi) is 8.91. The van der Waals surface area contributed by atoms with Crippen LogP contribution in [0.25, 0.3) is 17.0 Å². The van der Waals surface area contributed by atoms with E-state index in [0.717, 1.165) is 39.2 Å². The van der Waals surface area contributed by atoms with Gasteiger partial charge in [-0.3, -0.25) is 33.2 Å². The van der Waals surface area contributed by atoms with Gasteiger partial charge in [0.25, 0.3) is 5.56 Å². The Morgan fingerprint density at radius 2 is 1.44 bits per heavy atom. The number of hydrogen-bond acceptors (Lipinski definition) is 12. The van der Waals surface area contributed by atoms with E-state index < -0.39 is 60.3 Å². The molecule has 0 spiro atoms. The van der Waals surface area contributed by atoms with Crippen molar-refractivity contribution < 1.29 is 42.9 Å². The molecule has 14 heteroatoms. The summed E-state index contributed by atoms with van der Waals surface area (Å²) in [6.07, 6.45) is -4.66. The van der Waals surface area contributed by atoms with Crippen molar-refractivity contribution in [2.24, 2.45) is 0 Å². The van der Waals surface area contributed by atoms with Gasteiger partial charge in [-0.1, -0.05) is 30.3 Å². The second kappa shape index (κ2) is 12.1. The lowest BCUT2D eigenvalue weighted by Gasteiger charge is -2.31. The molecule has 0 saturated heterocycles. The average molecular weight is 543 g/mol. The van der Waals surface area contributed by atoms with Crippen LogP contribution in [0.4, 0.5) is 0 Å². The SMILES string of the molecule is CC(=O)OC[C@@H](OC(C)=O)[C@@H](OC(C)=O)[C@@H](OC(C)=O)c1nnc2n(C(C)=O)c(=O)cc(-c3ccccc3)n12. The molecule has 0 aliphatic heterocycles. The number of esters is 4. The molecule has 2 aromatic heterocycles. The van der Waals surface area contributed by atoms with Gasteiger partial charge in [-0.15, -0.1) is 10.2 Å². The highest BCUT2D eigenvalue weighted by Gasteiger charge is 2.42. The van der Waals surface area contributed by atoms with Crippen LogP contribution in [0.3, 0.4) is 0 Å². The number of rotatable bonds is 9. The van der Waals surface area contributed by atoms with Gasteiger partial charge in [0.15, 0.2) is 18.0 Å². The van der Waals surface area contributed by atoms with Gasteiger partial charge in [0.1, 0.15) is 6.61 Å². The van der Waals surface area contributed by atoms with Crippen LogP contribution in [0.5, 0.6) is 0 Å². The van der Waals surface area contributed by atoms with Crippen molar-refractivity contribution in [1.82, 2.24) is 19.2 Å². The average Bonchev–Trinajstić information content (AvgIpc) is 3.27. The van der Waals surface area contributed by atoms with Crippen molar-refractivity contribution >= 4 is 35.6 Å². The largest absolute Gasteiger partial charge is 0.462 e. The van der Waals surface area contributed by atoms with E-state index >= 15 is 0 Å². The van der Waals surface area contributed by atoms with E-state index in [2.05, 4.69) is 10.2 Å². The molecule has 0 fully saturated rings. The number of fused-ring (bicyclic) bond motifs is 1. The number of ether oxygens (including phenoxy) is 4. The number of benzene rings is 1. The van der Waals surface area contributed by atoms with Gasteiger partial charge in [0.2, 0.25) is 17.8 Å². The number of aromatic nitrogens is 4. The van der Waals surface area contributed by atoms with Gasteiger partial charge < -0.3 is 18.9 Å². The van der Waals surface area contributed by atoms with Crippen molar-refractivity contribution in [2.45, 2.75) is 52.9 Å². The number of nitrogens with zero attached hydrogens (tertiary/aromatic N) is 4. The fraction of sp³-hybridized carbons (Fsp3) is 0.360. The molecule has 39 heavy (non-hydrogen) atoms. The summed E-state index contributed by atoms with van der Waals surface area (Å²) in [5.74, 6) is -4.29. The van der Waals surface area contributed by atoms with Crippen molar-refractivity contribution in [3.63, 3.8) is 0 Å². The molecule has 0 unspecified atom stereocenters. The van der Waals surface area contributed by atoms with E-state index in [4.69, 9.17) is 18.9 Å². The predicted octanol–water partition coefficient (Wildman–Crippen LogP) is 1.25. The Morgan fingerprint density at radius 3 is 1.97 bits per heavy atom. The standard InChI is InChI=1S/C25H26N4O10/c1-13(30)28-21(35)11-19(18-9-7-6-8-10-18)29-24(26-27-25(28)29)23(39-17(5)34)22(38-16(4)33)20(37-15(3)32)12-36-14(2)31/h6-11,20,22-23H,12H2,1-5H3/t20-,22-,23-/m1/s1. The lowest BCUT2D eigenvalue weighted by atomic mass is 10.1. The van der Waals surface area contributed by atoms with E-state index in [9.17, 15) is 28.8 Å². The molecule has 3 atom stereocenters. The van der Waals surface area contributed by atoms with Gasteiger partial charge in [0.05, 0.1) is 5.69 Å². The third kappa shape index (κ3) is 6.71. The first kappa shape index (κ1) is 28.7. The zero-order valence-corrected chi connectivity index (χ0v) is 21.8. The zero-order chi connectivity index (χ0) is 28.9. The summed E-state index contributed by atoms with van der Waals surface area (Å²) in [5.41, 5.74) is 0.0373. The first-order valence-corrected chi connectivity index (χ1v) is 11.6. The Labute approximate surface area is 221 Å². The highest BCUT2D eigenvalue weighted by molar-refractivity contribution is 5.80. The minimum Gasteiger partial charge on any atom is -0.462 e. The van der Waals surface area contributed by atoms with Crippen LogP contribution in [0.15, 0.2) is 41.2 Å². The molecule has 14 nitrogen and oxygen atoms in total. The summed E-state index contributed by atoms with van der Waals surface area (Å²) in [7, 11) is 0. The van der Waals surface area contributed by atoms with Gasteiger partial charge in [-0.2, -0.15) is 0 Å². The fourth-order valence-electron chi connectivity index (χ4n) is 3.89. The van der Waals surface area contributed by atoms with Crippen LogP contribution in [-0.4, -0.2) is 67.8 Å². The molecule has 0 bridgehead atoms. The maximum Gasteiger partial charge on any atom is 0.303 e. The Hall–Kier alpha value is -4.88. The monoisotopic (exact) mass is 542 g/mol. The summed E-state index contributed by atoms with van der Waals surface area (Å²) < 4.78 is 23.3. The molecule has 3 rings (SSSR count). The summed E-state index contributed by atoms with van der Waals surface area (Å²) in [6.45, 7) is 4.94. The van der Waals surface area contributed by atoms with Gasteiger partial charge in [0, 0.05) is 40.7 Å². The highest BCUT2D eigenvalue weighted by Crippen LogP contribution is 2.30. The first-order chi connectivity index (χ1) is 18.4. The normalized spacial score (nSPS) is 13.2. The first-order valence-electron chi connectivity index (χ1n) is 11.6. The smallest absolute Gasteiger partial charge is 0.303 e. The minimum atomic E-state index is -1.61.